The monoisotopic (exact) mass is 318 g/mol. The normalized spacial score (nSPS) is 12.3. The SMILES string of the molecule is CC/C=C\C/C=C\CC=CCCCCCCCCCCCCC. The molecular formula is C23H42. The van der Waals surface area contributed by atoms with Crippen molar-refractivity contribution >= 4 is 0 Å². The molecule has 0 saturated carbocycles. The lowest BCUT2D eigenvalue weighted by Gasteiger charge is -2.01. The van der Waals surface area contributed by atoms with Crippen molar-refractivity contribution in [2.45, 2.75) is 110 Å². The maximum absolute atomic E-state index is 2.36. The van der Waals surface area contributed by atoms with Crippen molar-refractivity contribution in [2.24, 2.45) is 0 Å². The zero-order valence-corrected chi connectivity index (χ0v) is 16.1. The van der Waals surface area contributed by atoms with Gasteiger partial charge >= 0.3 is 0 Å². The highest BCUT2D eigenvalue weighted by molar-refractivity contribution is 4.96. The van der Waals surface area contributed by atoms with Gasteiger partial charge in [0, 0.05) is 0 Å². The second-order valence-corrected chi connectivity index (χ2v) is 6.62. The number of allylic oxidation sites excluding steroid dienone is 6. The molecule has 0 radical (unpaired) electrons. The van der Waals surface area contributed by atoms with Crippen molar-refractivity contribution in [3.8, 4) is 0 Å². The van der Waals surface area contributed by atoms with Crippen LogP contribution in [0.5, 0.6) is 0 Å². The molecule has 23 heavy (non-hydrogen) atoms. The van der Waals surface area contributed by atoms with Crippen LogP contribution in [0, 0.1) is 0 Å². The summed E-state index contributed by atoms with van der Waals surface area (Å²) < 4.78 is 0. The Morgan fingerprint density at radius 3 is 1.39 bits per heavy atom. The summed E-state index contributed by atoms with van der Waals surface area (Å²) in [6, 6.07) is 0. The Bertz CT molecular complexity index is 282. The number of hydrogen-bond acceptors (Lipinski definition) is 0. The first-order valence-electron chi connectivity index (χ1n) is 10.4. The Hall–Kier alpha value is -0.780. The largest absolute Gasteiger partial charge is 0.0885 e. The van der Waals surface area contributed by atoms with E-state index in [9.17, 15) is 0 Å². The molecule has 0 rings (SSSR count). The molecule has 0 nitrogen and oxygen atoms in total. The summed E-state index contributed by atoms with van der Waals surface area (Å²) in [7, 11) is 0. The maximum Gasteiger partial charge on any atom is -0.0169 e. The molecule has 0 aliphatic heterocycles. The first kappa shape index (κ1) is 22.2. The van der Waals surface area contributed by atoms with E-state index in [-0.39, 0.29) is 0 Å². The van der Waals surface area contributed by atoms with Crippen LogP contribution in [-0.4, -0.2) is 0 Å². The highest BCUT2D eigenvalue weighted by atomic mass is 14.0. The van der Waals surface area contributed by atoms with E-state index in [1.807, 2.05) is 0 Å². The summed E-state index contributed by atoms with van der Waals surface area (Å²) >= 11 is 0. The van der Waals surface area contributed by atoms with Crippen LogP contribution in [0.3, 0.4) is 0 Å². The zero-order valence-electron chi connectivity index (χ0n) is 16.1. The van der Waals surface area contributed by atoms with Crippen LogP contribution in [0.1, 0.15) is 110 Å². The second-order valence-electron chi connectivity index (χ2n) is 6.62. The first-order valence-corrected chi connectivity index (χ1v) is 10.4. The van der Waals surface area contributed by atoms with Crippen LogP contribution in [0.15, 0.2) is 36.5 Å². The van der Waals surface area contributed by atoms with Gasteiger partial charge < -0.3 is 0 Å². The van der Waals surface area contributed by atoms with Gasteiger partial charge in [0.25, 0.3) is 0 Å². The van der Waals surface area contributed by atoms with Gasteiger partial charge in [0.05, 0.1) is 0 Å². The lowest BCUT2D eigenvalue weighted by Crippen LogP contribution is -1.81. The number of unbranched alkanes of at least 4 members (excludes halogenated alkanes) is 11. The first-order chi connectivity index (χ1) is 11.4. The Kier molecular flexibility index (Phi) is 20.5. The molecule has 0 heterocycles. The standard InChI is InChI=1S/C23H42/c1-3-5-7-9-11-13-15-17-19-21-23-22-20-18-16-14-12-10-8-6-4-2/h5,7,11,13,17,19H,3-4,6,8-10,12,14-16,18,20-23H2,1-2H3/b7-5-,13-11-,19-17?. The van der Waals surface area contributed by atoms with Crippen LogP contribution in [-0.2, 0) is 0 Å². The fourth-order valence-corrected chi connectivity index (χ4v) is 2.75. The van der Waals surface area contributed by atoms with Gasteiger partial charge in [-0.2, -0.15) is 0 Å². The van der Waals surface area contributed by atoms with Crippen molar-refractivity contribution in [1.82, 2.24) is 0 Å². The summed E-state index contributed by atoms with van der Waals surface area (Å²) in [5.74, 6) is 0. The van der Waals surface area contributed by atoms with E-state index in [0.29, 0.717) is 0 Å². The van der Waals surface area contributed by atoms with E-state index in [1.54, 1.807) is 0 Å². The van der Waals surface area contributed by atoms with Gasteiger partial charge in [-0.05, 0) is 32.1 Å². The molecule has 0 unspecified atom stereocenters. The highest BCUT2D eigenvalue weighted by Crippen LogP contribution is 2.12. The molecule has 0 aromatic rings. The summed E-state index contributed by atoms with van der Waals surface area (Å²) in [5.41, 5.74) is 0. The average molecular weight is 319 g/mol. The molecule has 0 aromatic carbocycles. The smallest absolute Gasteiger partial charge is 0.0169 e. The Balaban J connectivity index is 3.14. The van der Waals surface area contributed by atoms with E-state index in [4.69, 9.17) is 0 Å². The van der Waals surface area contributed by atoms with Crippen LogP contribution in [0.2, 0.25) is 0 Å². The van der Waals surface area contributed by atoms with Gasteiger partial charge in [-0.1, -0.05) is 115 Å². The molecule has 0 N–H and O–H groups in total. The maximum atomic E-state index is 2.36. The van der Waals surface area contributed by atoms with Crippen molar-refractivity contribution in [2.75, 3.05) is 0 Å². The number of hydrogen-bond donors (Lipinski definition) is 0. The molecule has 0 spiro atoms. The zero-order chi connectivity index (χ0) is 16.8. The minimum absolute atomic E-state index is 1.08. The molecule has 0 aliphatic rings. The van der Waals surface area contributed by atoms with Crippen molar-refractivity contribution in [1.29, 1.82) is 0 Å². The summed E-state index contributed by atoms with van der Waals surface area (Å²) in [4.78, 5) is 0. The van der Waals surface area contributed by atoms with E-state index in [1.165, 1.54) is 77.0 Å². The lowest BCUT2D eigenvalue weighted by atomic mass is 10.1. The van der Waals surface area contributed by atoms with E-state index in [0.717, 1.165) is 19.3 Å². The topological polar surface area (TPSA) is 0 Å². The minimum atomic E-state index is 1.08. The van der Waals surface area contributed by atoms with Crippen molar-refractivity contribution in [3.05, 3.63) is 36.5 Å². The molecular weight excluding hydrogens is 276 g/mol. The molecule has 0 aromatic heterocycles. The third-order valence-corrected chi connectivity index (χ3v) is 4.25. The van der Waals surface area contributed by atoms with Gasteiger partial charge in [0.2, 0.25) is 0 Å². The molecule has 0 saturated heterocycles. The summed E-state index contributed by atoms with van der Waals surface area (Å²) in [5, 5.41) is 0. The predicted octanol–water partition coefficient (Wildman–Crippen LogP) is 8.55. The Morgan fingerprint density at radius 1 is 0.435 bits per heavy atom. The predicted molar refractivity (Wildman–Crippen MR) is 108 cm³/mol. The van der Waals surface area contributed by atoms with Crippen molar-refractivity contribution in [3.63, 3.8) is 0 Å². The summed E-state index contributed by atoms with van der Waals surface area (Å²) in [6.07, 6.45) is 34.0. The average Bonchev–Trinajstić information content (AvgIpc) is 2.57. The summed E-state index contributed by atoms with van der Waals surface area (Å²) in [6.45, 7) is 4.47. The molecule has 0 amide bonds. The third-order valence-electron chi connectivity index (χ3n) is 4.25. The van der Waals surface area contributed by atoms with Gasteiger partial charge in [0.1, 0.15) is 0 Å². The molecule has 0 bridgehead atoms. The van der Waals surface area contributed by atoms with Gasteiger partial charge in [0.15, 0.2) is 0 Å². The molecule has 0 fully saturated rings. The van der Waals surface area contributed by atoms with Crippen LogP contribution >= 0.6 is 0 Å². The van der Waals surface area contributed by atoms with Gasteiger partial charge in [-0.25, -0.2) is 0 Å². The quantitative estimate of drug-likeness (QED) is 0.186. The van der Waals surface area contributed by atoms with Gasteiger partial charge in [-0.3, -0.25) is 0 Å². The molecule has 0 atom stereocenters. The van der Waals surface area contributed by atoms with Crippen LogP contribution < -0.4 is 0 Å². The van der Waals surface area contributed by atoms with Crippen LogP contribution in [0.4, 0.5) is 0 Å². The second kappa shape index (κ2) is 21.2. The Morgan fingerprint density at radius 2 is 0.870 bits per heavy atom. The molecule has 0 heteroatoms. The fraction of sp³-hybridized carbons (Fsp3) is 0.739. The minimum Gasteiger partial charge on any atom is -0.0885 e. The molecule has 134 valence electrons. The third kappa shape index (κ3) is 21.2. The highest BCUT2D eigenvalue weighted by Gasteiger charge is 1.92. The van der Waals surface area contributed by atoms with E-state index >= 15 is 0 Å². The van der Waals surface area contributed by atoms with E-state index in [2.05, 4.69) is 50.3 Å². The van der Waals surface area contributed by atoms with E-state index < -0.39 is 0 Å². The van der Waals surface area contributed by atoms with Gasteiger partial charge in [-0.15, -0.1) is 0 Å². The van der Waals surface area contributed by atoms with Crippen molar-refractivity contribution < 1.29 is 0 Å². The number of rotatable bonds is 17. The fourth-order valence-electron chi connectivity index (χ4n) is 2.75. The molecule has 0 aliphatic carbocycles. The lowest BCUT2D eigenvalue weighted by molar-refractivity contribution is 0.550. The van der Waals surface area contributed by atoms with Crippen LogP contribution in [0.25, 0.3) is 0 Å². The Labute approximate surface area is 147 Å².